The molecule has 1 atom stereocenters. The van der Waals surface area contributed by atoms with Crippen LogP contribution in [0.2, 0.25) is 0 Å². The molecule has 0 aliphatic rings. The van der Waals surface area contributed by atoms with Crippen molar-refractivity contribution in [3.8, 4) is 0 Å². The largest absolute Gasteiger partial charge is 0.296 e. The fourth-order valence-corrected chi connectivity index (χ4v) is 3.60. The summed E-state index contributed by atoms with van der Waals surface area (Å²) < 4.78 is 0. The summed E-state index contributed by atoms with van der Waals surface area (Å²) in [6, 6.07) is 14.0. The van der Waals surface area contributed by atoms with E-state index in [1.165, 1.54) is 28.2 Å². The second-order valence-corrected chi connectivity index (χ2v) is 6.96. The number of rotatable bonds is 5. The third-order valence-electron chi connectivity index (χ3n) is 3.28. The van der Waals surface area contributed by atoms with Gasteiger partial charge in [-0.2, -0.15) is 0 Å². The summed E-state index contributed by atoms with van der Waals surface area (Å²) in [5.41, 5.74) is 1.28. The van der Waals surface area contributed by atoms with Crippen molar-refractivity contribution in [1.82, 2.24) is 10.2 Å². The molecule has 0 radical (unpaired) electrons. The number of carbonyl (C=O) groups excluding carboxylic acids is 1. The zero-order valence-corrected chi connectivity index (χ0v) is 13.7. The fraction of sp³-hybridized carbons (Fsp3) is 0.188. The zero-order valence-electron chi connectivity index (χ0n) is 12.0. The maximum atomic E-state index is 12.0. The van der Waals surface area contributed by atoms with Gasteiger partial charge in [-0.1, -0.05) is 54.7 Å². The van der Waals surface area contributed by atoms with Crippen LogP contribution in [0.1, 0.15) is 33.1 Å². The van der Waals surface area contributed by atoms with Gasteiger partial charge in [-0.15, -0.1) is 21.5 Å². The minimum Gasteiger partial charge on any atom is -0.296 e. The average Bonchev–Trinajstić information content (AvgIpc) is 3.20. The molecular weight excluding hydrogens is 314 g/mol. The molecule has 3 aromatic rings. The van der Waals surface area contributed by atoms with E-state index >= 15 is 0 Å². The Morgan fingerprint density at radius 2 is 2.00 bits per heavy atom. The van der Waals surface area contributed by atoms with Gasteiger partial charge >= 0.3 is 0 Å². The second kappa shape index (κ2) is 6.81. The maximum absolute atomic E-state index is 12.0. The van der Waals surface area contributed by atoms with Crippen molar-refractivity contribution in [1.29, 1.82) is 0 Å². The van der Waals surface area contributed by atoms with Crippen molar-refractivity contribution in [2.45, 2.75) is 19.3 Å². The molecule has 1 aromatic carbocycles. The molecular formula is C16H15N3OS2. The van der Waals surface area contributed by atoms with Crippen LogP contribution in [0.15, 0.2) is 47.8 Å². The number of anilines is 1. The van der Waals surface area contributed by atoms with E-state index in [-0.39, 0.29) is 5.91 Å². The van der Waals surface area contributed by atoms with Gasteiger partial charge in [0.15, 0.2) is 0 Å². The van der Waals surface area contributed by atoms with Crippen LogP contribution < -0.4 is 5.32 Å². The lowest BCUT2D eigenvalue weighted by Crippen LogP contribution is -2.09. The van der Waals surface area contributed by atoms with E-state index in [0.29, 0.717) is 15.9 Å². The standard InChI is InChI=1S/C16H15N3OS2/c1-11(12-6-3-2-4-7-12)10-14-18-19-16(22-14)17-15(20)13-8-5-9-21-13/h2-9,11H,10H2,1H3,(H,17,19,20)/t11-/m1/s1. The van der Waals surface area contributed by atoms with Gasteiger partial charge in [-0.3, -0.25) is 10.1 Å². The minimum absolute atomic E-state index is 0.131. The average molecular weight is 329 g/mol. The van der Waals surface area contributed by atoms with Crippen LogP contribution in [0.3, 0.4) is 0 Å². The van der Waals surface area contributed by atoms with E-state index in [2.05, 4.69) is 34.6 Å². The molecule has 0 spiro atoms. The van der Waals surface area contributed by atoms with Gasteiger partial charge in [-0.05, 0) is 22.9 Å². The van der Waals surface area contributed by atoms with E-state index in [1.54, 1.807) is 6.07 Å². The summed E-state index contributed by atoms with van der Waals surface area (Å²) in [6.45, 7) is 2.17. The Morgan fingerprint density at radius 1 is 1.18 bits per heavy atom. The van der Waals surface area contributed by atoms with E-state index in [1.807, 2.05) is 29.6 Å². The van der Waals surface area contributed by atoms with Crippen molar-refractivity contribution < 1.29 is 4.79 Å². The first-order valence-corrected chi connectivity index (χ1v) is 8.64. The van der Waals surface area contributed by atoms with E-state index in [9.17, 15) is 4.79 Å². The second-order valence-electron chi connectivity index (χ2n) is 4.95. The lowest BCUT2D eigenvalue weighted by Gasteiger charge is -2.08. The maximum Gasteiger partial charge on any atom is 0.267 e. The first-order chi connectivity index (χ1) is 10.7. The fourth-order valence-electron chi connectivity index (χ4n) is 2.11. The molecule has 4 nitrogen and oxygen atoms in total. The molecule has 0 saturated carbocycles. The molecule has 6 heteroatoms. The number of hydrogen-bond acceptors (Lipinski definition) is 5. The number of amides is 1. The highest BCUT2D eigenvalue weighted by Gasteiger charge is 2.13. The molecule has 1 N–H and O–H groups in total. The molecule has 0 fully saturated rings. The quantitative estimate of drug-likeness (QED) is 0.763. The van der Waals surface area contributed by atoms with E-state index in [0.717, 1.165) is 11.4 Å². The number of nitrogens with zero attached hydrogens (tertiary/aromatic N) is 2. The summed E-state index contributed by atoms with van der Waals surface area (Å²) in [4.78, 5) is 12.6. The Bertz CT molecular complexity index is 738. The summed E-state index contributed by atoms with van der Waals surface area (Å²) in [5, 5.41) is 14.4. The molecule has 0 aliphatic heterocycles. The Balaban J connectivity index is 1.63. The van der Waals surface area contributed by atoms with Crippen molar-refractivity contribution in [2.24, 2.45) is 0 Å². The Hall–Kier alpha value is -2.05. The monoisotopic (exact) mass is 329 g/mol. The molecule has 2 heterocycles. The highest BCUT2D eigenvalue weighted by atomic mass is 32.1. The summed E-state index contributed by atoms with van der Waals surface area (Å²) in [7, 11) is 0. The third kappa shape index (κ3) is 3.58. The number of benzene rings is 1. The molecule has 22 heavy (non-hydrogen) atoms. The molecule has 1 amide bonds. The predicted octanol–water partition coefficient (Wildman–Crippen LogP) is 4.20. The van der Waals surface area contributed by atoms with Crippen molar-refractivity contribution >= 4 is 33.7 Å². The summed E-state index contributed by atoms with van der Waals surface area (Å²) in [6.07, 6.45) is 0.816. The highest BCUT2D eigenvalue weighted by Crippen LogP contribution is 2.24. The normalized spacial score (nSPS) is 12.0. The highest BCUT2D eigenvalue weighted by molar-refractivity contribution is 7.15. The molecule has 0 unspecified atom stereocenters. The Morgan fingerprint density at radius 3 is 2.73 bits per heavy atom. The van der Waals surface area contributed by atoms with Crippen LogP contribution in [0.4, 0.5) is 5.13 Å². The molecule has 3 rings (SSSR count). The van der Waals surface area contributed by atoms with Crippen LogP contribution in [0.5, 0.6) is 0 Å². The number of carbonyl (C=O) groups is 1. The van der Waals surface area contributed by atoms with Gasteiger partial charge in [0.2, 0.25) is 5.13 Å². The van der Waals surface area contributed by atoms with Crippen LogP contribution >= 0.6 is 22.7 Å². The smallest absolute Gasteiger partial charge is 0.267 e. The molecule has 2 aromatic heterocycles. The van der Waals surface area contributed by atoms with Crippen molar-refractivity contribution in [3.63, 3.8) is 0 Å². The predicted molar refractivity (Wildman–Crippen MR) is 90.7 cm³/mol. The van der Waals surface area contributed by atoms with Crippen LogP contribution in [0, 0.1) is 0 Å². The lowest BCUT2D eigenvalue weighted by molar-refractivity contribution is 0.103. The van der Waals surface area contributed by atoms with Crippen molar-refractivity contribution in [2.75, 3.05) is 5.32 Å². The minimum atomic E-state index is -0.131. The van der Waals surface area contributed by atoms with E-state index < -0.39 is 0 Å². The van der Waals surface area contributed by atoms with Crippen LogP contribution in [-0.2, 0) is 6.42 Å². The first-order valence-electron chi connectivity index (χ1n) is 6.94. The molecule has 0 aliphatic carbocycles. The topological polar surface area (TPSA) is 54.9 Å². The lowest BCUT2D eigenvalue weighted by atomic mass is 9.98. The third-order valence-corrected chi connectivity index (χ3v) is 5.01. The molecule has 0 bridgehead atoms. The zero-order chi connectivity index (χ0) is 15.4. The number of aromatic nitrogens is 2. The Labute approximate surface area is 136 Å². The van der Waals surface area contributed by atoms with E-state index in [4.69, 9.17) is 0 Å². The van der Waals surface area contributed by atoms with Gasteiger partial charge < -0.3 is 0 Å². The van der Waals surface area contributed by atoms with Gasteiger partial charge in [0, 0.05) is 6.42 Å². The molecule has 0 saturated heterocycles. The van der Waals surface area contributed by atoms with Gasteiger partial charge in [0.05, 0.1) is 4.88 Å². The summed E-state index contributed by atoms with van der Waals surface area (Å²) in [5.74, 6) is 0.240. The van der Waals surface area contributed by atoms with Crippen LogP contribution in [0.25, 0.3) is 0 Å². The first kappa shape index (κ1) is 14.9. The Kier molecular flexibility index (Phi) is 4.60. The molecule has 112 valence electrons. The van der Waals surface area contributed by atoms with Gasteiger partial charge in [0.1, 0.15) is 5.01 Å². The van der Waals surface area contributed by atoms with Gasteiger partial charge in [0.25, 0.3) is 5.91 Å². The summed E-state index contributed by atoms with van der Waals surface area (Å²) >= 11 is 2.84. The van der Waals surface area contributed by atoms with Gasteiger partial charge in [-0.25, -0.2) is 0 Å². The SMILES string of the molecule is C[C@H](Cc1nnc(NC(=O)c2cccs2)s1)c1ccccc1. The number of nitrogens with one attached hydrogen (secondary N) is 1. The van der Waals surface area contributed by atoms with Crippen molar-refractivity contribution in [3.05, 3.63) is 63.3 Å². The number of hydrogen-bond donors (Lipinski definition) is 1. The number of thiophene rings is 1. The van der Waals surface area contributed by atoms with Crippen LogP contribution in [-0.4, -0.2) is 16.1 Å².